The van der Waals surface area contributed by atoms with E-state index >= 15 is 0 Å². The number of carbonyl (C=O) groups excluding carboxylic acids is 1. The Kier molecular flexibility index (Phi) is 5.19. The highest BCUT2D eigenvalue weighted by Crippen LogP contribution is 2.32. The lowest BCUT2D eigenvalue weighted by atomic mass is 9.98. The highest BCUT2D eigenvalue weighted by atomic mass is 16.5. The monoisotopic (exact) mass is 366 g/mol. The minimum atomic E-state index is 0.0104. The number of hydrogen-bond donors (Lipinski definition) is 1. The summed E-state index contributed by atoms with van der Waals surface area (Å²) in [7, 11) is 1.67. The van der Waals surface area contributed by atoms with Crippen LogP contribution in [0.1, 0.15) is 42.3 Å². The molecule has 2 aliphatic rings. The van der Waals surface area contributed by atoms with Gasteiger partial charge >= 0.3 is 6.03 Å². The molecule has 2 aliphatic heterocycles. The van der Waals surface area contributed by atoms with Crippen molar-refractivity contribution < 1.29 is 14.3 Å². The molecule has 2 heterocycles. The number of likely N-dealkylation sites (tertiary alicyclic amines) is 1. The number of nitrogens with one attached hydrogen (secondary N) is 1. The lowest BCUT2D eigenvalue weighted by molar-refractivity contribution is 0.203. The number of rotatable bonds is 3. The average molecular weight is 366 g/mol. The summed E-state index contributed by atoms with van der Waals surface area (Å²) in [4.78, 5) is 14.8. The molecular weight excluding hydrogens is 340 g/mol. The zero-order valence-electron chi connectivity index (χ0n) is 15.7. The van der Waals surface area contributed by atoms with Crippen LogP contribution in [0.5, 0.6) is 11.5 Å². The number of benzene rings is 2. The van der Waals surface area contributed by atoms with Gasteiger partial charge in [0.2, 0.25) is 0 Å². The van der Waals surface area contributed by atoms with Crippen molar-refractivity contribution in [3.63, 3.8) is 0 Å². The summed E-state index contributed by atoms with van der Waals surface area (Å²) in [5, 5.41) is 3.23. The minimum Gasteiger partial charge on any atom is -0.497 e. The van der Waals surface area contributed by atoms with Gasteiger partial charge in [0.1, 0.15) is 11.5 Å². The SMILES string of the molecule is COc1ccc(C2CCN(C(=O)NC3CCCOc4ccccc43)C2)cc1. The van der Waals surface area contributed by atoms with E-state index in [0.717, 1.165) is 49.4 Å². The number of ether oxygens (including phenoxy) is 2. The molecule has 0 aliphatic carbocycles. The van der Waals surface area contributed by atoms with Gasteiger partial charge in [-0.05, 0) is 43.0 Å². The van der Waals surface area contributed by atoms with Crippen LogP contribution in [0.4, 0.5) is 4.79 Å². The number of carbonyl (C=O) groups is 1. The number of hydrogen-bond acceptors (Lipinski definition) is 3. The quantitative estimate of drug-likeness (QED) is 0.889. The van der Waals surface area contributed by atoms with Crippen LogP contribution < -0.4 is 14.8 Å². The van der Waals surface area contributed by atoms with Crippen LogP contribution in [0.25, 0.3) is 0 Å². The van der Waals surface area contributed by atoms with Crippen molar-refractivity contribution in [2.24, 2.45) is 0 Å². The number of nitrogens with zero attached hydrogens (tertiary/aromatic N) is 1. The summed E-state index contributed by atoms with van der Waals surface area (Å²) >= 11 is 0. The van der Waals surface area contributed by atoms with Crippen molar-refractivity contribution in [1.29, 1.82) is 0 Å². The van der Waals surface area contributed by atoms with E-state index in [2.05, 4.69) is 23.5 Å². The van der Waals surface area contributed by atoms with Gasteiger partial charge in [-0.25, -0.2) is 4.79 Å². The van der Waals surface area contributed by atoms with Gasteiger partial charge in [-0.2, -0.15) is 0 Å². The summed E-state index contributed by atoms with van der Waals surface area (Å²) in [5.74, 6) is 2.13. The molecule has 1 fully saturated rings. The van der Waals surface area contributed by atoms with Crippen LogP contribution in [0.2, 0.25) is 0 Å². The minimum absolute atomic E-state index is 0.0104. The molecule has 0 radical (unpaired) electrons. The molecule has 2 aromatic rings. The molecule has 1 N–H and O–H groups in total. The Morgan fingerprint density at radius 3 is 2.78 bits per heavy atom. The van der Waals surface area contributed by atoms with Crippen LogP contribution in [0.3, 0.4) is 0 Å². The Balaban J connectivity index is 1.40. The third kappa shape index (κ3) is 3.87. The standard InChI is InChI=1S/C22H26N2O3/c1-26-18-10-8-16(9-11-18)17-12-13-24(15-17)22(25)23-20-6-4-14-27-21-7-3-2-5-19(20)21/h2-3,5,7-11,17,20H,4,6,12-15H2,1H3,(H,23,25). The molecule has 2 amide bonds. The van der Waals surface area contributed by atoms with Gasteiger partial charge in [-0.15, -0.1) is 0 Å². The highest BCUT2D eigenvalue weighted by Gasteiger charge is 2.29. The topological polar surface area (TPSA) is 50.8 Å². The molecule has 0 bridgehead atoms. The fourth-order valence-corrected chi connectivity index (χ4v) is 4.01. The van der Waals surface area contributed by atoms with Gasteiger partial charge in [-0.1, -0.05) is 30.3 Å². The van der Waals surface area contributed by atoms with E-state index in [1.165, 1.54) is 5.56 Å². The molecule has 1 saturated heterocycles. The van der Waals surface area contributed by atoms with Crippen LogP contribution in [0.15, 0.2) is 48.5 Å². The number of fused-ring (bicyclic) bond motifs is 1. The molecule has 5 nitrogen and oxygen atoms in total. The number of para-hydroxylation sites is 1. The second-order valence-electron chi connectivity index (χ2n) is 7.24. The summed E-state index contributed by atoms with van der Waals surface area (Å²) in [6.07, 6.45) is 2.83. The highest BCUT2D eigenvalue weighted by molar-refractivity contribution is 5.75. The van der Waals surface area contributed by atoms with Crippen molar-refractivity contribution >= 4 is 6.03 Å². The van der Waals surface area contributed by atoms with Crippen molar-refractivity contribution in [2.45, 2.75) is 31.2 Å². The zero-order chi connectivity index (χ0) is 18.6. The number of urea groups is 1. The second-order valence-corrected chi connectivity index (χ2v) is 7.24. The summed E-state index contributed by atoms with van der Waals surface area (Å²) in [5.41, 5.74) is 2.34. The maximum absolute atomic E-state index is 12.9. The van der Waals surface area contributed by atoms with Gasteiger partial charge in [-0.3, -0.25) is 0 Å². The maximum Gasteiger partial charge on any atom is 0.317 e. The average Bonchev–Trinajstić information content (AvgIpc) is 3.12. The van der Waals surface area contributed by atoms with Crippen molar-refractivity contribution in [1.82, 2.24) is 10.2 Å². The fraction of sp³-hybridized carbons (Fsp3) is 0.409. The van der Waals surface area contributed by atoms with Gasteiger partial charge < -0.3 is 19.7 Å². The Hall–Kier alpha value is -2.69. The predicted molar refractivity (Wildman–Crippen MR) is 104 cm³/mol. The normalized spacial score (nSPS) is 21.7. The first-order chi connectivity index (χ1) is 13.2. The Morgan fingerprint density at radius 1 is 1.15 bits per heavy atom. The molecular formula is C22H26N2O3. The molecule has 142 valence electrons. The van der Waals surface area contributed by atoms with Crippen molar-refractivity contribution in [3.05, 3.63) is 59.7 Å². The van der Waals surface area contributed by atoms with Gasteiger partial charge in [0, 0.05) is 24.6 Å². The zero-order valence-corrected chi connectivity index (χ0v) is 15.7. The van der Waals surface area contributed by atoms with E-state index in [0.29, 0.717) is 12.5 Å². The summed E-state index contributed by atoms with van der Waals surface area (Å²) in [6.45, 7) is 2.24. The molecule has 0 spiro atoms. The lowest BCUT2D eigenvalue weighted by Crippen LogP contribution is -2.40. The molecule has 4 rings (SSSR count). The Labute approximate surface area is 160 Å². The third-order valence-electron chi connectivity index (χ3n) is 5.55. The molecule has 2 unspecified atom stereocenters. The smallest absolute Gasteiger partial charge is 0.317 e. The maximum atomic E-state index is 12.9. The lowest BCUT2D eigenvalue weighted by Gasteiger charge is -2.23. The molecule has 2 atom stereocenters. The van der Waals surface area contributed by atoms with Crippen LogP contribution in [-0.2, 0) is 0 Å². The summed E-state index contributed by atoms with van der Waals surface area (Å²) < 4.78 is 11.0. The van der Waals surface area contributed by atoms with Crippen LogP contribution in [0, 0.1) is 0 Å². The number of amides is 2. The first-order valence-electron chi connectivity index (χ1n) is 9.65. The first kappa shape index (κ1) is 17.7. The van der Waals surface area contributed by atoms with E-state index in [1.54, 1.807) is 7.11 Å². The predicted octanol–water partition coefficient (Wildman–Crippen LogP) is 4.11. The first-order valence-corrected chi connectivity index (χ1v) is 9.65. The summed E-state index contributed by atoms with van der Waals surface area (Å²) in [6, 6.07) is 16.2. The molecule has 5 heteroatoms. The van der Waals surface area contributed by atoms with E-state index in [-0.39, 0.29) is 12.1 Å². The Bertz CT molecular complexity index is 790. The molecule has 0 aromatic heterocycles. The van der Waals surface area contributed by atoms with Crippen molar-refractivity contribution in [2.75, 3.05) is 26.8 Å². The molecule has 0 saturated carbocycles. The van der Waals surface area contributed by atoms with Crippen LogP contribution in [-0.4, -0.2) is 37.7 Å². The fourth-order valence-electron chi connectivity index (χ4n) is 4.01. The second kappa shape index (κ2) is 7.91. The van der Waals surface area contributed by atoms with Gasteiger partial charge in [0.15, 0.2) is 0 Å². The Morgan fingerprint density at radius 2 is 1.96 bits per heavy atom. The molecule has 2 aromatic carbocycles. The van der Waals surface area contributed by atoms with Crippen molar-refractivity contribution in [3.8, 4) is 11.5 Å². The van der Waals surface area contributed by atoms with E-state index in [1.807, 2.05) is 35.2 Å². The number of methoxy groups -OCH3 is 1. The van der Waals surface area contributed by atoms with E-state index < -0.39 is 0 Å². The van der Waals surface area contributed by atoms with Gasteiger partial charge in [0.25, 0.3) is 0 Å². The van der Waals surface area contributed by atoms with Crippen LogP contribution >= 0.6 is 0 Å². The third-order valence-corrected chi connectivity index (χ3v) is 5.55. The van der Waals surface area contributed by atoms with E-state index in [9.17, 15) is 4.79 Å². The van der Waals surface area contributed by atoms with Gasteiger partial charge in [0.05, 0.1) is 19.8 Å². The van der Waals surface area contributed by atoms with E-state index in [4.69, 9.17) is 9.47 Å². The molecule has 27 heavy (non-hydrogen) atoms. The largest absolute Gasteiger partial charge is 0.497 e.